The fourth-order valence-electron chi connectivity index (χ4n) is 1.81. The Labute approximate surface area is 96.8 Å². The molecule has 2 N–H and O–H groups in total. The van der Waals surface area contributed by atoms with Gasteiger partial charge in [0.05, 0.1) is 13.2 Å². The number of morpholine rings is 1. The second-order valence-corrected chi connectivity index (χ2v) is 4.45. The lowest BCUT2D eigenvalue weighted by Gasteiger charge is -2.35. The number of hydrogen-bond acceptors (Lipinski definition) is 4. The van der Waals surface area contributed by atoms with Crippen LogP contribution >= 0.6 is 0 Å². The first-order valence-corrected chi connectivity index (χ1v) is 5.87. The highest BCUT2D eigenvalue weighted by Gasteiger charge is 2.34. The molecule has 0 aliphatic carbocycles. The van der Waals surface area contributed by atoms with Crippen LogP contribution in [-0.4, -0.2) is 60.9 Å². The molecule has 1 aliphatic rings. The molecule has 0 aromatic carbocycles. The van der Waals surface area contributed by atoms with Gasteiger partial charge in [0, 0.05) is 19.6 Å². The van der Waals surface area contributed by atoms with Crippen LogP contribution < -0.4 is 5.32 Å². The molecular weight excluding hydrogens is 208 g/mol. The van der Waals surface area contributed by atoms with Crippen molar-refractivity contribution in [2.24, 2.45) is 0 Å². The summed E-state index contributed by atoms with van der Waals surface area (Å²) in [6.45, 7) is 8.07. The van der Waals surface area contributed by atoms with E-state index >= 15 is 0 Å². The van der Waals surface area contributed by atoms with E-state index in [2.05, 4.69) is 10.2 Å². The highest BCUT2D eigenvalue weighted by molar-refractivity contribution is 5.78. The normalized spacial score (nSPS) is 21.6. The summed E-state index contributed by atoms with van der Waals surface area (Å²) in [5, 5.41) is 12.4. The summed E-state index contributed by atoms with van der Waals surface area (Å²) in [4.78, 5) is 13.4. The molecule has 0 radical (unpaired) electrons. The molecule has 16 heavy (non-hydrogen) atoms. The van der Waals surface area contributed by atoms with E-state index in [0.717, 1.165) is 26.1 Å². The third-order valence-corrected chi connectivity index (χ3v) is 2.88. The van der Waals surface area contributed by atoms with Crippen molar-refractivity contribution < 1.29 is 14.6 Å². The molecule has 5 nitrogen and oxygen atoms in total. The van der Waals surface area contributed by atoms with E-state index in [9.17, 15) is 9.90 Å². The Kier molecular flexibility index (Phi) is 5.18. The van der Waals surface area contributed by atoms with Crippen LogP contribution in [-0.2, 0) is 9.53 Å². The van der Waals surface area contributed by atoms with Crippen LogP contribution in [0, 0.1) is 0 Å². The third-order valence-electron chi connectivity index (χ3n) is 2.88. The number of ether oxygens (including phenoxy) is 1. The topological polar surface area (TPSA) is 61.8 Å². The standard InChI is InChI=1S/C11H22N2O3/c1-3-4-12-11(2,10(14)15)9-13-5-7-16-8-6-13/h12H,3-9H2,1-2H3,(H,14,15). The van der Waals surface area contributed by atoms with E-state index in [-0.39, 0.29) is 0 Å². The molecule has 0 aromatic heterocycles. The molecule has 94 valence electrons. The summed E-state index contributed by atoms with van der Waals surface area (Å²) in [6, 6.07) is 0. The molecule has 1 saturated heterocycles. The lowest BCUT2D eigenvalue weighted by Crippen LogP contribution is -2.58. The van der Waals surface area contributed by atoms with Crippen LogP contribution in [0.4, 0.5) is 0 Å². The van der Waals surface area contributed by atoms with E-state index in [1.54, 1.807) is 6.92 Å². The number of nitrogens with one attached hydrogen (secondary N) is 1. The zero-order chi connectivity index (χ0) is 12.0. The number of rotatable bonds is 6. The summed E-state index contributed by atoms with van der Waals surface area (Å²) < 4.78 is 5.25. The van der Waals surface area contributed by atoms with Crippen LogP contribution in [0.15, 0.2) is 0 Å². The van der Waals surface area contributed by atoms with Gasteiger partial charge in [0.15, 0.2) is 0 Å². The van der Waals surface area contributed by atoms with Gasteiger partial charge in [-0.1, -0.05) is 6.92 Å². The van der Waals surface area contributed by atoms with E-state index in [4.69, 9.17) is 4.74 Å². The van der Waals surface area contributed by atoms with Crippen molar-refractivity contribution in [3.63, 3.8) is 0 Å². The van der Waals surface area contributed by atoms with E-state index in [1.165, 1.54) is 0 Å². The maximum atomic E-state index is 11.3. The van der Waals surface area contributed by atoms with E-state index < -0.39 is 11.5 Å². The summed E-state index contributed by atoms with van der Waals surface area (Å²) in [5.74, 6) is -0.785. The highest BCUT2D eigenvalue weighted by Crippen LogP contribution is 2.09. The zero-order valence-electron chi connectivity index (χ0n) is 10.2. The van der Waals surface area contributed by atoms with Crippen molar-refractivity contribution in [3.05, 3.63) is 0 Å². The predicted octanol–water partition coefficient (Wildman–Crippen LogP) is 0.162. The van der Waals surface area contributed by atoms with Gasteiger partial charge in [-0.3, -0.25) is 9.69 Å². The lowest BCUT2D eigenvalue weighted by molar-refractivity contribution is -0.145. The van der Waals surface area contributed by atoms with E-state index in [0.29, 0.717) is 19.8 Å². The molecular formula is C11H22N2O3. The Morgan fingerprint density at radius 2 is 2.12 bits per heavy atom. The maximum Gasteiger partial charge on any atom is 0.324 e. The van der Waals surface area contributed by atoms with E-state index in [1.807, 2.05) is 6.92 Å². The van der Waals surface area contributed by atoms with Gasteiger partial charge in [-0.25, -0.2) is 0 Å². The second kappa shape index (κ2) is 6.18. The number of nitrogens with zero attached hydrogens (tertiary/aromatic N) is 1. The van der Waals surface area contributed by atoms with Crippen LogP contribution in [0.3, 0.4) is 0 Å². The van der Waals surface area contributed by atoms with Gasteiger partial charge in [-0.15, -0.1) is 0 Å². The Hall–Kier alpha value is -0.650. The fraction of sp³-hybridized carbons (Fsp3) is 0.909. The highest BCUT2D eigenvalue weighted by atomic mass is 16.5. The second-order valence-electron chi connectivity index (χ2n) is 4.45. The van der Waals surface area contributed by atoms with Gasteiger partial charge in [0.2, 0.25) is 0 Å². The number of carboxylic acid groups (broad SMARTS) is 1. The third kappa shape index (κ3) is 3.73. The Morgan fingerprint density at radius 1 is 1.50 bits per heavy atom. The van der Waals surface area contributed by atoms with Crippen molar-refractivity contribution in [2.45, 2.75) is 25.8 Å². The molecule has 1 rings (SSSR count). The number of carbonyl (C=O) groups is 1. The average Bonchev–Trinajstić information content (AvgIpc) is 2.27. The number of carboxylic acids is 1. The van der Waals surface area contributed by atoms with Gasteiger partial charge < -0.3 is 15.2 Å². The van der Waals surface area contributed by atoms with Gasteiger partial charge in [-0.2, -0.15) is 0 Å². The largest absolute Gasteiger partial charge is 0.480 e. The first-order chi connectivity index (χ1) is 7.58. The average molecular weight is 230 g/mol. The van der Waals surface area contributed by atoms with Crippen LogP contribution in [0.25, 0.3) is 0 Å². The molecule has 1 unspecified atom stereocenters. The predicted molar refractivity (Wildman–Crippen MR) is 61.6 cm³/mol. The minimum atomic E-state index is -0.854. The molecule has 1 aliphatic heterocycles. The molecule has 0 spiro atoms. The fourth-order valence-corrected chi connectivity index (χ4v) is 1.81. The summed E-state index contributed by atoms with van der Waals surface area (Å²) >= 11 is 0. The molecule has 5 heteroatoms. The quantitative estimate of drug-likeness (QED) is 0.680. The Bertz CT molecular complexity index is 229. The Balaban J connectivity index is 2.51. The number of aliphatic carboxylic acids is 1. The summed E-state index contributed by atoms with van der Waals surface area (Å²) in [5.41, 5.74) is -0.854. The molecule has 1 fully saturated rings. The minimum Gasteiger partial charge on any atom is -0.480 e. The van der Waals surface area contributed by atoms with Crippen molar-refractivity contribution in [1.82, 2.24) is 10.2 Å². The van der Waals surface area contributed by atoms with Crippen LogP contribution in [0.2, 0.25) is 0 Å². The smallest absolute Gasteiger partial charge is 0.324 e. The van der Waals surface area contributed by atoms with Gasteiger partial charge in [-0.05, 0) is 19.9 Å². The SMILES string of the molecule is CCCNC(C)(CN1CCOCC1)C(=O)O. The molecule has 0 amide bonds. The summed E-state index contributed by atoms with van der Waals surface area (Å²) in [7, 11) is 0. The summed E-state index contributed by atoms with van der Waals surface area (Å²) in [6.07, 6.45) is 0.936. The van der Waals surface area contributed by atoms with Gasteiger partial charge >= 0.3 is 5.97 Å². The maximum absolute atomic E-state index is 11.3. The van der Waals surface area contributed by atoms with Crippen molar-refractivity contribution >= 4 is 5.97 Å². The molecule has 0 aromatic rings. The van der Waals surface area contributed by atoms with Crippen molar-refractivity contribution in [1.29, 1.82) is 0 Å². The van der Waals surface area contributed by atoms with Gasteiger partial charge in [0.1, 0.15) is 5.54 Å². The van der Waals surface area contributed by atoms with Crippen LogP contribution in [0.1, 0.15) is 20.3 Å². The van der Waals surface area contributed by atoms with Crippen LogP contribution in [0.5, 0.6) is 0 Å². The zero-order valence-corrected chi connectivity index (χ0v) is 10.2. The molecule has 1 heterocycles. The molecule has 0 bridgehead atoms. The number of hydrogen-bond donors (Lipinski definition) is 2. The lowest BCUT2D eigenvalue weighted by atomic mass is 10.0. The monoisotopic (exact) mass is 230 g/mol. The minimum absolute atomic E-state index is 0.533. The molecule has 0 saturated carbocycles. The molecule has 1 atom stereocenters. The van der Waals surface area contributed by atoms with Gasteiger partial charge in [0.25, 0.3) is 0 Å². The van der Waals surface area contributed by atoms with Crippen molar-refractivity contribution in [3.8, 4) is 0 Å². The Morgan fingerprint density at radius 3 is 2.62 bits per heavy atom. The van der Waals surface area contributed by atoms with Crippen molar-refractivity contribution in [2.75, 3.05) is 39.4 Å². The first kappa shape index (κ1) is 13.4. The first-order valence-electron chi connectivity index (χ1n) is 5.87.